The Morgan fingerprint density at radius 3 is 1.05 bits per heavy atom. The van der Waals surface area contributed by atoms with Crippen molar-refractivity contribution in [1.29, 1.82) is 0 Å². The van der Waals surface area contributed by atoms with Crippen LogP contribution in [0.3, 0.4) is 0 Å². The summed E-state index contributed by atoms with van der Waals surface area (Å²) < 4.78 is 4.61. The number of hydrogen-bond donors (Lipinski definition) is 0. The van der Waals surface area contributed by atoms with Gasteiger partial charge in [-0.1, -0.05) is 0 Å². The molecule has 0 aromatic heterocycles. The van der Waals surface area contributed by atoms with Crippen LogP contribution in [0.15, 0.2) is 91.0 Å². The monoisotopic (exact) mass is 486 g/mol. The molecule has 0 bridgehead atoms. The standard InChI is InChI=1S/3C6H5.CH4S.Pb/c3*1-2-4-6-5-3-1;1-2;/h3*1-5H;2H,1H3;/q;;;;+1/p-1. The van der Waals surface area contributed by atoms with Crippen molar-refractivity contribution in [2.45, 2.75) is 0 Å². The molecule has 0 atom stereocenters. The molecule has 0 aliphatic carbocycles. The Kier molecular flexibility index (Phi) is 4.81. The molecule has 0 heterocycles. The van der Waals surface area contributed by atoms with Gasteiger partial charge in [-0.2, -0.15) is 0 Å². The molecule has 3 aromatic carbocycles. The van der Waals surface area contributed by atoms with Crippen molar-refractivity contribution in [2.24, 2.45) is 0 Å². The van der Waals surface area contributed by atoms with Crippen LogP contribution >= 0.6 is 8.31 Å². The van der Waals surface area contributed by atoms with Gasteiger partial charge in [0.05, 0.1) is 0 Å². The van der Waals surface area contributed by atoms with Crippen LogP contribution in [0.25, 0.3) is 0 Å². The molecule has 21 heavy (non-hydrogen) atoms. The fourth-order valence-electron chi connectivity index (χ4n) is 2.87. The predicted octanol–water partition coefficient (Wildman–Crippen LogP) is 3.02. The summed E-state index contributed by atoms with van der Waals surface area (Å²) in [7, 11) is 2.10. The molecule has 0 fully saturated rings. The first-order chi connectivity index (χ1) is 10.4. The van der Waals surface area contributed by atoms with Gasteiger partial charge in [-0.3, -0.25) is 0 Å². The SMILES string of the molecule is C[S][Pb]([c]1ccccc1)([c]1ccccc1)[c]1ccccc1. The maximum atomic E-state index is 2.32. The van der Waals surface area contributed by atoms with Crippen molar-refractivity contribution in [1.82, 2.24) is 0 Å². The molecule has 0 amide bonds. The summed E-state index contributed by atoms with van der Waals surface area (Å²) in [6, 6.07) is 33.3. The summed E-state index contributed by atoms with van der Waals surface area (Å²) in [5.41, 5.74) is 0. The molecule has 0 aliphatic rings. The van der Waals surface area contributed by atoms with Crippen molar-refractivity contribution in [3.05, 3.63) is 91.0 Å². The van der Waals surface area contributed by atoms with E-state index in [4.69, 9.17) is 0 Å². The van der Waals surface area contributed by atoms with E-state index < -0.39 is 19.7 Å². The Hall–Kier alpha value is -1.07. The van der Waals surface area contributed by atoms with Gasteiger partial charge in [-0.15, -0.1) is 0 Å². The predicted molar refractivity (Wildman–Crippen MR) is 97.5 cm³/mol. The average Bonchev–Trinajstić information content (AvgIpc) is 2.59. The van der Waals surface area contributed by atoms with E-state index in [0.29, 0.717) is 0 Å². The molecule has 3 aromatic rings. The summed E-state index contributed by atoms with van der Waals surface area (Å²) in [4.78, 5) is 0. The van der Waals surface area contributed by atoms with Crippen LogP contribution in [0, 0.1) is 0 Å². The van der Waals surface area contributed by atoms with Gasteiger partial charge in [0, 0.05) is 0 Å². The molecular formula is C19H18PbS. The summed E-state index contributed by atoms with van der Waals surface area (Å²) in [6.45, 7) is 0. The molecule has 0 unspecified atom stereocenters. The molecule has 0 saturated heterocycles. The van der Waals surface area contributed by atoms with Crippen LogP contribution in [0.5, 0.6) is 0 Å². The van der Waals surface area contributed by atoms with Crippen LogP contribution in [-0.4, -0.2) is 25.9 Å². The van der Waals surface area contributed by atoms with E-state index in [1.807, 2.05) is 0 Å². The summed E-state index contributed by atoms with van der Waals surface area (Å²) in [5, 5.41) is 0. The normalized spacial score (nSPS) is 11.3. The third kappa shape index (κ3) is 2.81. The second-order valence-corrected chi connectivity index (χ2v) is 27.6. The summed E-state index contributed by atoms with van der Waals surface area (Å²) in [6.07, 6.45) is 2.29. The molecule has 0 saturated carbocycles. The molecule has 104 valence electrons. The summed E-state index contributed by atoms with van der Waals surface area (Å²) in [5.74, 6) is 0. The Balaban J connectivity index is 2.29. The van der Waals surface area contributed by atoms with Crippen molar-refractivity contribution in [2.75, 3.05) is 6.26 Å². The molecule has 0 N–H and O–H groups in total. The van der Waals surface area contributed by atoms with Gasteiger partial charge in [0.1, 0.15) is 0 Å². The van der Waals surface area contributed by atoms with Gasteiger partial charge in [-0.25, -0.2) is 0 Å². The summed E-state index contributed by atoms with van der Waals surface area (Å²) >= 11 is -3.07. The zero-order chi connectivity index (χ0) is 14.5. The van der Waals surface area contributed by atoms with E-state index >= 15 is 0 Å². The molecular weight excluding hydrogens is 467 g/mol. The van der Waals surface area contributed by atoms with Crippen LogP contribution in [0.4, 0.5) is 0 Å². The van der Waals surface area contributed by atoms with E-state index in [9.17, 15) is 0 Å². The molecule has 0 aliphatic heterocycles. The first-order valence-electron chi connectivity index (χ1n) is 7.09. The topological polar surface area (TPSA) is 0 Å². The zero-order valence-electron chi connectivity index (χ0n) is 12.1. The Bertz CT molecular complexity index is 584. The molecule has 3 rings (SSSR count). The van der Waals surface area contributed by atoms with Crippen molar-refractivity contribution in [3.8, 4) is 0 Å². The van der Waals surface area contributed by atoms with E-state index in [0.717, 1.165) is 0 Å². The Morgan fingerprint density at radius 1 is 0.524 bits per heavy atom. The van der Waals surface area contributed by atoms with Gasteiger partial charge in [0.25, 0.3) is 0 Å². The fraction of sp³-hybridized carbons (Fsp3) is 0.0526. The minimum absolute atomic E-state index is 1.54. The second kappa shape index (κ2) is 6.79. The molecule has 0 nitrogen and oxygen atoms in total. The van der Waals surface area contributed by atoms with Gasteiger partial charge < -0.3 is 0 Å². The first kappa shape index (κ1) is 14.9. The van der Waals surface area contributed by atoms with Crippen LogP contribution < -0.4 is 9.37 Å². The Morgan fingerprint density at radius 2 is 0.810 bits per heavy atom. The van der Waals surface area contributed by atoms with Crippen LogP contribution in [-0.2, 0) is 0 Å². The van der Waals surface area contributed by atoms with Gasteiger partial charge >= 0.3 is 135 Å². The third-order valence-corrected chi connectivity index (χ3v) is 31.2. The Labute approximate surface area is 134 Å². The fourth-order valence-corrected chi connectivity index (χ4v) is 27.0. The van der Waals surface area contributed by atoms with Gasteiger partial charge in [-0.05, 0) is 0 Å². The van der Waals surface area contributed by atoms with E-state index in [-0.39, 0.29) is 0 Å². The number of benzene rings is 3. The van der Waals surface area contributed by atoms with Crippen LogP contribution in [0.2, 0.25) is 0 Å². The van der Waals surface area contributed by atoms with Gasteiger partial charge in [0.15, 0.2) is 0 Å². The van der Waals surface area contributed by atoms with Crippen molar-refractivity contribution < 1.29 is 0 Å². The number of hydrogen-bond acceptors (Lipinski definition) is 1. The van der Waals surface area contributed by atoms with Gasteiger partial charge in [0.2, 0.25) is 0 Å². The minimum atomic E-state index is -3.07. The van der Waals surface area contributed by atoms with E-state index in [1.165, 1.54) is 9.37 Å². The zero-order valence-corrected chi connectivity index (χ0v) is 16.8. The van der Waals surface area contributed by atoms with Crippen molar-refractivity contribution >= 4 is 37.4 Å². The molecule has 2 heteroatoms. The van der Waals surface area contributed by atoms with Crippen LogP contribution in [0.1, 0.15) is 0 Å². The van der Waals surface area contributed by atoms with E-state index in [1.54, 1.807) is 0 Å². The number of rotatable bonds is 4. The average molecular weight is 486 g/mol. The second-order valence-electron chi connectivity index (χ2n) is 4.98. The quantitative estimate of drug-likeness (QED) is 0.512. The maximum absolute atomic E-state index is 3.07. The first-order valence-corrected chi connectivity index (χ1v) is 18.9. The van der Waals surface area contributed by atoms with E-state index in [2.05, 4.69) is 106 Å². The van der Waals surface area contributed by atoms with Crippen molar-refractivity contribution in [3.63, 3.8) is 0 Å². The molecule has 0 spiro atoms. The third-order valence-electron chi connectivity index (χ3n) is 3.85. The molecule has 0 radical (unpaired) electrons.